The maximum Gasteiger partial charge on any atom is 0.312 e. The molecule has 0 aliphatic heterocycles. The fourth-order valence-corrected chi connectivity index (χ4v) is 0.888. The Labute approximate surface area is 76.3 Å². The zero-order chi connectivity index (χ0) is 10.4. The number of rotatable bonds is 5. The van der Waals surface area contributed by atoms with Crippen molar-refractivity contribution in [2.45, 2.75) is 26.4 Å². The first kappa shape index (κ1) is 11.9. The number of aliphatic carboxylic acids is 1. The van der Waals surface area contributed by atoms with Crippen molar-refractivity contribution >= 4 is 11.9 Å². The van der Waals surface area contributed by atoms with E-state index >= 15 is 0 Å². The van der Waals surface area contributed by atoms with E-state index in [1.807, 2.05) is 0 Å². The third-order valence-electron chi connectivity index (χ3n) is 1.57. The molecule has 0 radical (unpaired) electrons. The summed E-state index contributed by atoms with van der Waals surface area (Å²) < 4.78 is 4.60. The van der Waals surface area contributed by atoms with Crippen molar-refractivity contribution in [2.24, 2.45) is 5.92 Å². The van der Waals surface area contributed by atoms with Gasteiger partial charge in [-0.15, -0.1) is 0 Å². The molecule has 76 valence electrons. The summed E-state index contributed by atoms with van der Waals surface area (Å²) in [6, 6.07) is 0. The SMILES string of the molecule is CCOC(=O)C(CC(=O)O)C(C)O. The number of hydrogen-bond acceptors (Lipinski definition) is 4. The molecule has 0 aromatic heterocycles. The van der Waals surface area contributed by atoms with Crippen LogP contribution >= 0.6 is 0 Å². The van der Waals surface area contributed by atoms with E-state index in [-0.39, 0.29) is 6.61 Å². The first-order valence-corrected chi connectivity index (χ1v) is 4.05. The van der Waals surface area contributed by atoms with E-state index in [1.165, 1.54) is 6.92 Å². The lowest BCUT2D eigenvalue weighted by Crippen LogP contribution is -2.30. The van der Waals surface area contributed by atoms with E-state index in [9.17, 15) is 9.59 Å². The van der Waals surface area contributed by atoms with E-state index in [2.05, 4.69) is 4.74 Å². The Hall–Kier alpha value is -1.10. The second-order valence-corrected chi connectivity index (χ2v) is 2.70. The second-order valence-electron chi connectivity index (χ2n) is 2.70. The number of aliphatic hydroxyl groups excluding tert-OH is 1. The number of carbonyl (C=O) groups is 2. The summed E-state index contributed by atoms with van der Waals surface area (Å²) in [5, 5.41) is 17.5. The molecule has 0 saturated carbocycles. The van der Waals surface area contributed by atoms with Gasteiger partial charge >= 0.3 is 11.9 Å². The van der Waals surface area contributed by atoms with Crippen molar-refractivity contribution in [2.75, 3.05) is 6.61 Å². The van der Waals surface area contributed by atoms with Crippen LogP contribution in [0.2, 0.25) is 0 Å². The second kappa shape index (κ2) is 5.53. The average molecular weight is 190 g/mol. The van der Waals surface area contributed by atoms with Gasteiger partial charge in [-0.1, -0.05) is 0 Å². The quantitative estimate of drug-likeness (QED) is 0.597. The summed E-state index contributed by atoms with van der Waals surface area (Å²) in [7, 11) is 0. The zero-order valence-corrected chi connectivity index (χ0v) is 7.69. The summed E-state index contributed by atoms with van der Waals surface area (Å²) in [6.07, 6.45) is -1.41. The molecule has 0 saturated heterocycles. The Bertz CT molecular complexity index is 187. The highest BCUT2D eigenvalue weighted by Crippen LogP contribution is 2.11. The molecule has 2 unspecified atom stereocenters. The number of ether oxygens (including phenoxy) is 1. The van der Waals surface area contributed by atoms with Crippen molar-refractivity contribution < 1.29 is 24.5 Å². The lowest BCUT2D eigenvalue weighted by molar-refractivity contribution is -0.156. The standard InChI is InChI=1S/C8H14O5/c1-3-13-8(12)6(5(2)9)4-7(10)11/h5-6,9H,3-4H2,1-2H3,(H,10,11). The molecule has 0 heterocycles. The largest absolute Gasteiger partial charge is 0.481 e. The van der Waals surface area contributed by atoms with E-state index in [0.717, 1.165) is 0 Å². The molecule has 0 aromatic rings. The Morgan fingerprint density at radius 3 is 2.31 bits per heavy atom. The molecular weight excluding hydrogens is 176 g/mol. The highest BCUT2D eigenvalue weighted by atomic mass is 16.5. The van der Waals surface area contributed by atoms with Crippen molar-refractivity contribution in [1.82, 2.24) is 0 Å². The molecule has 0 fully saturated rings. The van der Waals surface area contributed by atoms with Crippen LogP contribution in [0.15, 0.2) is 0 Å². The predicted octanol–water partition coefficient (Wildman–Crippen LogP) is 0.0212. The Kier molecular flexibility index (Phi) is 5.06. The average Bonchev–Trinajstić information content (AvgIpc) is 1.99. The number of aliphatic hydroxyl groups is 1. The van der Waals surface area contributed by atoms with Crippen LogP contribution < -0.4 is 0 Å². The topological polar surface area (TPSA) is 83.8 Å². The number of hydrogen-bond donors (Lipinski definition) is 2. The van der Waals surface area contributed by atoms with Crippen LogP contribution in [0, 0.1) is 5.92 Å². The van der Waals surface area contributed by atoms with Gasteiger partial charge in [0.15, 0.2) is 0 Å². The van der Waals surface area contributed by atoms with Crippen molar-refractivity contribution in [3.05, 3.63) is 0 Å². The van der Waals surface area contributed by atoms with Gasteiger partial charge in [0.05, 0.1) is 25.0 Å². The Morgan fingerprint density at radius 2 is 2.00 bits per heavy atom. The van der Waals surface area contributed by atoms with Gasteiger partial charge in [-0.25, -0.2) is 0 Å². The molecule has 2 atom stereocenters. The fourth-order valence-electron chi connectivity index (χ4n) is 0.888. The molecule has 0 aliphatic rings. The number of esters is 1. The number of carboxylic acids is 1. The molecule has 0 amide bonds. The molecule has 13 heavy (non-hydrogen) atoms. The number of carboxylic acid groups (broad SMARTS) is 1. The van der Waals surface area contributed by atoms with E-state index in [0.29, 0.717) is 0 Å². The van der Waals surface area contributed by atoms with E-state index in [4.69, 9.17) is 10.2 Å². The Morgan fingerprint density at radius 1 is 1.46 bits per heavy atom. The van der Waals surface area contributed by atoms with Crippen LogP contribution in [0.5, 0.6) is 0 Å². The zero-order valence-electron chi connectivity index (χ0n) is 7.69. The minimum Gasteiger partial charge on any atom is -0.481 e. The van der Waals surface area contributed by atoms with E-state index < -0.39 is 30.4 Å². The summed E-state index contributed by atoms with van der Waals surface area (Å²) >= 11 is 0. The molecule has 5 nitrogen and oxygen atoms in total. The molecule has 0 aromatic carbocycles. The highest BCUT2D eigenvalue weighted by Gasteiger charge is 2.27. The van der Waals surface area contributed by atoms with E-state index in [1.54, 1.807) is 6.92 Å². The number of carbonyl (C=O) groups excluding carboxylic acids is 1. The van der Waals surface area contributed by atoms with Crippen LogP contribution in [0.3, 0.4) is 0 Å². The predicted molar refractivity (Wildman–Crippen MR) is 44.1 cm³/mol. The normalized spacial score (nSPS) is 14.7. The maximum absolute atomic E-state index is 11.1. The van der Waals surface area contributed by atoms with Crippen molar-refractivity contribution in [3.8, 4) is 0 Å². The Balaban J connectivity index is 4.24. The third kappa shape index (κ3) is 4.47. The van der Waals surface area contributed by atoms with Gasteiger partial charge in [0.25, 0.3) is 0 Å². The van der Waals surface area contributed by atoms with Crippen LogP contribution in [0.1, 0.15) is 20.3 Å². The molecule has 0 spiro atoms. The van der Waals surface area contributed by atoms with Crippen molar-refractivity contribution in [1.29, 1.82) is 0 Å². The first-order chi connectivity index (χ1) is 5.99. The smallest absolute Gasteiger partial charge is 0.312 e. The first-order valence-electron chi connectivity index (χ1n) is 4.05. The van der Waals surface area contributed by atoms with Gasteiger partial charge in [-0.05, 0) is 13.8 Å². The van der Waals surface area contributed by atoms with Gasteiger partial charge in [0, 0.05) is 0 Å². The van der Waals surface area contributed by atoms with Gasteiger partial charge < -0.3 is 14.9 Å². The fraction of sp³-hybridized carbons (Fsp3) is 0.750. The monoisotopic (exact) mass is 190 g/mol. The van der Waals surface area contributed by atoms with Crippen LogP contribution in [0.4, 0.5) is 0 Å². The van der Waals surface area contributed by atoms with Gasteiger partial charge in [0.2, 0.25) is 0 Å². The van der Waals surface area contributed by atoms with Gasteiger partial charge in [-0.2, -0.15) is 0 Å². The van der Waals surface area contributed by atoms with Crippen LogP contribution in [0.25, 0.3) is 0 Å². The lowest BCUT2D eigenvalue weighted by Gasteiger charge is -2.15. The molecule has 5 heteroatoms. The summed E-state index contributed by atoms with van der Waals surface area (Å²) in [5.74, 6) is -2.77. The minimum absolute atomic E-state index is 0.182. The molecule has 2 N–H and O–H groups in total. The molecule has 0 aliphatic carbocycles. The molecular formula is C8H14O5. The highest BCUT2D eigenvalue weighted by molar-refractivity contribution is 5.79. The van der Waals surface area contributed by atoms with Crippen LogP contribution in [-0.2, 0) is 14.3 Å². The molecule has 0 bridgehead atoms. The molecule has 0 rings (SSSR count). The maximum atomic E-state index is 11.1. The lowest BCUT2D eigenvalue weighted by atomic mass is 10.0. The van der Waals surface area contributed by atoms with Gasteiger partial charge in [-0.3, -0.25) is 9.59 Å². The van der Waals surface area contributed by atoms with Crippen molar-refractivity contribution in [3.63, 3.8) is 0 Å². The van der Waals surface area contributed by atoms with Crippen LogP contribution in [-0.4, -0.2) is 34.9 Å². The summed E-state index contributed by atoms with van der Waals surface area (Å²) in [4.78, 5) is 21.4. The summed E-state index contributed by atoms with van der Waals surface area (Å²) in [6.45, 7) is 3.17. The summed E-state index contributed by atoms with van der Waals surface area (Å²) in [5.41, 5.74) is 0. The van der Waals surface area contributed by atoms with Gasteiger partial charge in [0.1, 0.15) is 0 Å². The minimum atomic E-state index is -1.13. The third-order valence-corrected chi connectivity index (χ3v) is 1.57.